The highest BCUT2D eigenvalue weighted by Crippen LogP contribution is 2.36. The minimum absolute atomic E-state index is 0.169. The molecular weight excluding hydrogens is 406 g/mol. The number of hydrogen-bond acceptors (Lipinski definition) is 5. The maximum Gasteiger partial charge on any atom is 0.284 e. The summed E-state index contributed by atoms with van der Waals surface area (Å²) < 4.78 is 26.1. The number of thiophene rings is 1. The molecule has 29 heavy (non-hydrogen) atoms. The van der Waals surface area contributed by atoms with Crippen LogP contribution in [0.5, 0.6) is 0 Å². The maximum atomic E-state index is 13.1. The van der Waals surface area contributed by atoms with Gasteiger partial charge in [0.15, 0.2) is 0 Å². The van der Waals surface area contributed by atoms with Crippen molar-refractivity contribution in [2.75, 3.05) is 11.0 Å². The second-order valence-electron chi connectivity index (χ2n) is 6.72. The molecule has 1 atom stereocenters. The number of nitrogens with zero attached hydrogens (tertiary/aromatic N) is 2. The minimum Gasteiger partial charge on any atom is -0.283 e. The lowest BCUT2D eigenvalue weighted by Crippen LogP contribution is -2.26. The standard InChI is InChI=1S/C21H19N3O3S2/c1-29(26,27)23-17-11-6-5-10-16(17)18-14-19(15-8-3-2-4-9-15)24(22-18)21(25)20-12-7-13-28-20/h2-13,19,23H,14H2,1H3/t19-/m1/s1. The zero-order valence-electron chi connectivity index (χ0n) is 15.6. The van der Waals surface area contributed by atoms with E-state index < -0.39 is 10.0 Å². The van der Waals surface area contributed by atoms with Crippen molar-refractivity contribution in [1.82, 2.24) is 5.01 Å². The predicted octanol–water partition coefficient (Wildman–Crippen LogP) is 4.11. The number of nitrogens with one attached hydrogen (secondary N) is 1. The molecule has 6 nitrogen and oxygen atoms in total. The summed E-state index contributed by atoms with van der Waals surface area (Å²) in [6.07, 6.45) is 1.60. The number of sulfonamides is 1. The van der Waals surface area contributed by atoms with Gasteiger partial charge in [-0.05, 0) is 23.1 Å². The van der Waals surface area contributed by atoms with E-state index in [9.17, 15) is 13.2 Å². The molecule has 0 saturated heterocycles. The molecule has 1 aromatic heterocycles. The van der Waals surface area contributed by atoms with E-state index in [4.69, 9.17) is 0 Å². The molecule has 0 radical (unpaired) electrons. The summed E-state index contributed by atoms with van der Waals surface area (Å²) in [5.41, 5.74) is 2.76. The van der Waals surface area contributed by atoms with E-state index in [-0.39, 0.29) is 11.9 Å². The molecule has 1 aliphatic rings. The third-order valence-electron chi connectivity index (χ3n) is 4.57. The third-order valence-corrected chi connectivity index (χ3v) is 6.02. The first-order valence-electron chi connectivity index (χ1n) is 8.99. The summed E-state index contributed by atoms with van der Waals surface area (Å²) in [6.45, 7) is 0. The topological polar surface area (TPSA) is 78.8 Å². The molecule has 0 unspecified atom stereocenters. The maximum absolute atomic E-state index is 13.1. The number of anilines is 1. The second-order valence-corrected chi connectivity index (χ2v) is 9.42. The van der Waals surface area contributed by atoms with Gasteiger partial charge in [-0.25, -0.2) is 13.4 Å². The Morgan fingerprint density at radius 1 is 1.07 bits per heavy atom. The molecule has 1 aliphatic heterocycles. The summed E-state index contributed by atoms with van der Waals surface area (Å²) in [7, 11) is -3.44. The lowest BCUT2D eigenvalue weighted by Gasteiger charge is -2.21. The lowest BCUT2D eigenvalue weighted by molar-refractivity contribution is 0.0716. The van der Waals surface area contributed by atoms with Gasteiger partial charge in [0.05, 0.1) is 28.6 Å². The number of para-hydroxylation sites is 1. The highest BCUT2D eigenvalue weighted by molar-refractivity contribution is 7.92. The fourth-order valence-corrected chi connectivity index (χ4v) is 4.56. The van der Waals surface area contributed by atoms with Crippen LogP contribution < -0.4 is 4.72 Å². The molecule has 1 N–H and O–H groups in total. The fourth-order valence-electron chi connectivity index (χ4n) is 3.33. The van der Waals surface area contributed by atoms with Crippen molar-refractivity contribution in [3.8, 4) is 0 Å². The largest absolute Gasteiger partial charge is 0.284 e. The van der Waals surface area contributed by atoms with Crippen molar-refractivity contribution in [1.29, 1.82) is 0 Å². The van der Waals surface area contributed by atoms with Crippen LogP contribution in [-0.2, 0) is 10.0 Å². The number of carbonyl (C=O) groups is 1. The molecule has 8 heteroatoms. The van der Waals surface area contributed by atoms with Gasteiger partial charge in [0.1, 0.15) is 0 Å². The van der Waals surface area contributed by atoms with E-state index in [1.807, 2.05) is 53.9 Å². The monoisotopic (exact) mass is 425 g/mol. The highest BCUT2D eigenvalue weighted by atomic mass is 32.2. The van der Waals surface area contributed by atoms with Crippen molar-refractivity contribution in [3.63, 3.8) is 0 Å². The van der Waals surface area contributed by atoms with Gasteiger partial charge in [-0.2, -0.15) is 5.10 Å². The van der Waals surface area contributed by atoms with Crippen LogP contribution in [0, 0.1) is 0 Å². The van der Waals surface area contributed by atoms with Crippen molar-refractivity contribution in [2.24, 2.45) is 5.10 Å². The van der Waals surface area contributed by atoms with E-state index in [1.165, 1.54) is 16.3 Å². The zero-order valence-corrected chi connectivity index (χ0v) is 17.3. The van der Waals surface area contributed by atoms with Gasteiger partial charge in [-0.3, -0.25) is 9.52 Å². The van der Waals surface area contributed by atoms with E-state index in [1.54, 1.807) is 18.2 Å². The third kappa shape index (κ3) is 4.23. The normalized spacial score (nSPS) is 16.5. The van der Waals surface area contributed by atoms with Crippen LogP contribution in [0.15, 0.2) is 77.2 Å². The Kier molecular flexibility index (Phi) is 5.21. The summed E-state index contributed by atoms with van der Waals surface area (Å²) >= 11 is 1.37. The summed E-state index contributed by atoms with van der Waals surface area (Å²) in [5.74, 6) is -0.169. The van der Waals surface area contributed by atoms with E-state index in [0.29, 0.717) is 28.3 Å². The Morgan fingerprint density at radius 2 is 1.79 bits per heavy atom. The Balaban J connectivity index is 1.76. The Bertz CT molecular complexity index is 1160. The zero-order chi connectivity index (χ0) is 20.4. The molecule has 0 bridgehead atoms. The number of benzene rings is 2. The average molecular weight is 426 g/mol. The first-order chi connectivity index (χ1) is 13.9. The quantitative estimate of drug-likeness (QED) is 0.668. The first-order valence-corrected chi connectivity index (χ1v) is 11.8. The molecule has 0 fully saturated rings. The Hall–Kier alpha value is -2.97. The lowest BCUT2D eigenvalue weighted by atomic mass is 9.97. The smallest absolute Gasteiger partial charge is 0.283 e. The van der Waals surface area contributed by atoms with Gasteiger partial charge in [-0.1, -0.05) is 54.6 Å². The van der Waals surface area contributed by atoms with Crippen LogP contribution in [0.4, 0.5) is 5.69 Å². The van der Waals surface area contributed by atoms with Crippen LogP contribution >= 0.6 is 11.3 Å². The van der Waals surface area contributed by atoms with Gasteiger partial charge in [0.2, 0.25) is 10.0 Å². The Labute approximate surface area is 173 Å². The average Bonchev–Trinajstić information content (AvgIpc) is 3.38. The number of carbonyl (C=O) groups excluding carboxylic acids is 1. The summed E-state index contributed by atoms with van der Waals surface area (Å²) in [4.78, 5) is 13.7. The van der Waals surface area contributed by atoms with Gasteiger partial charge in [0.25, 0.3) is 5.91 Å². The second kappa shape index (κ2) is 7.81. The number of rotatable bonds is 5. The molecule has 0 spiro atoms. The van der Waals surface area contributed by atoms with Crippen LogP contribution in [0.2, 0.25) is 0 Å². The van der Waals surface area contributed by atoms with Crippen LogP contribution in [0.25, 0.3) is 0 Å². The van der Waals surface area contributed by atoms with E-state index in [0.717, 1.165) is 11.8 Å². The molecule has 1 amide bonds. The van der Waals surface area contributed by atoms with Gasteiger partial charge in [0, 0.05) is 12.0 Å². The molecule has 3 aromatic rings. The van der Waals surface area contributed by atoms with Gasteiger partial charge < -0.3 is 0 Å². The number of amides is 1. The van der Waals surface area contributed by atoms with Crippen LogP contribution in [0.1, 0.15) is 33.3 Å². The van der Waals surface area contributed by atoms with Crippen molar-refractivity contribution >= 4 is 38.7 Å². The number of hydrazone groups is 1. The van der Waals surface area contributed by atoms with Crippen molar-refractivity contribution in [2.45, 2.75) is 12.5 Å². The number of hydrogen-bond donors (Lipinski definition) is 1. The van der Waals surface area contributed by atoms with E-state index >= 15 is 0 Å². The van der Waals surface area contributed by atoms with Gasteiger partial charge >= 0.3 is 0 Å². The SMILES string of the molecule is CS(=O)(=O)Nc1ccccc1C1=NN(C(=O)c2cccs2)[C@@H](c2ccccc2)C1. The molecule has 2 aromatic carbocycles. The van der Waals surface area contributed by atoms with Crippen molar-refractivity contribution < 1.29 is 13.2 Å². The molecule has 4 rings (SSSR count). The molecule has 0 saturated carbocycles. The first kappa shape index (κ1) is 19.4. The van der Waals surface area contributed by atoms with Crippen LogP contribution in [0.3, 0.4) is 0 Å². The molecule has 0 aliphatic carbocycles. The van der Waals surface area contributed by atoms with Crippen molar-refractivity contribution in [3.05, 3.63) is 88.1 Å². The summed E-state index contributed by atoms with van der Waals surface area (Å²) in [6, 6.07) is 20.2. The molecular formula is C21H19N3O3S2. The molecule has 2 heterocycles. The Morgan fingerprint density at radius 3 is 2.48 bits per heavy atom. The van der Waals surface area contributed by atoms with E-state index in [2.05, 4.69) is 9.82 Å². The summed E-state index contributed by atoms with van der Waals surface area (Å²) in [5, 5.41) is 8.00. The minimum atomic E-state index is -3.44. The predicted molar refractivity (Wildman–Crippen MR) is 116 cm³/mol. The highest BCUT2D eigenvalue weighted by Gasteiger charge is 2.34. The molecule has 148 valence electrons. The van der Waals surface area contributed by atoms with Gasteiger partial charge in [-0.15, -0.1) is 11.3 Å². The van der Waals surface area contributed by atoms with Crippen LogP contribution in [-0.4, -0.2) is 31.3 Å². The fraction of sp³-hybridized carbons (Fsp3) is 0.143.